The van der Waals surface area contributed by atoms with Crippen LogP contribution in [-0.2, 0) is 4.79 Å². The summed E-state index contributed by atoms with van der Waals surface area (Å²) in [6.07, 6.45) is 7.46. The van der Waals surface area contributed by atoms with Crippen molar-refractivity contribution in [2.75, 3.05) is 42.5 Å². The lowest BCUT2D eigenvalue weighted by atomic mass is 10.0. The third-order valence-corrected chi connectivity index (χ3v) is 4.68. The Morgan fingerprint density at radius 1 is 1.23 bits per heavy atom. The Labute approximate surface area is 131 Å². The van der Waals surface area contributed by atoms with Crippen molar-refractivity contribution in [1.82, 2.24) is 20.1 Å². The largest absolute Gasteiger partial charge is 0.352 e. The van der Waals surface area contributed by atoms with Crippen LogP contribution in [0.25, 0.3) is 0 Å². The predicted molar refractivity (Wildman–Crippen MR) is 85.0 cm³/mol. The number of piperazine rings is 1. The van der Waals surface area contributed by atoms with Crippen molar-refractivity contribution in [2.45, 2.75) is 38.6 Å². The van der Waals surface area contributed by atoms with Gasteiger partial charge < -0.3 is 14.7 Å². The van der Waals surface area contributed by atoms with E-state index in [0.717, 1.165) is 57.3 Å². The lowest BCUT2D eigenvalue weighted by Gasteiger charge is -2.36. The molecule has 7 heteroatoms. The smallest absolute Gasteiger partial charge is 0.247 e. The van der Waals surface area contributed by atoms with Gasteiger partial charge in [-0.2, -0.15) is 10.1 Å². The van der Waals surface area contributed by atoms with Gasteiger partial charge in [-0.1, -0.05) is 6.92 Å². The van der Waals surface area contributed by atoms with Gasteiger partial charge in [0.15, 0.2) is 5.82 Å². The van der Waals surface area contributed by atoms with E-state index in [4.69, 9.17) is 4.98 Å². The Hall–Kier alpha value is -1.92. The van der Waals surface area contributed by atoms with E-state index in [2.05, 4.69) is 26.9 Å². The minimum absolute atomic E-state index is 0.526. The van der Waals surface area contributed by atoms with Gasteiger partial charge in [-0.3, -0.25) is 4.79 Å². The number of aromatic nitrogens is 3. The van der Waals surface area contributed by atoms with Crippen LogP contribution >= 0.6 is 0 Å². The summed E-state index contributed by atoms with van der Waals surface area (Å²) in [5.41, 5.74) is 0. The number of hydrogen-bond acceptors (Lipinski definition) is 6. The normalized spacial score (nSPS) is 22.8. The molecule has 0 spiro atoms. The maximum absolute atomic E-state index is 10.8. The van der Waals surface area contributed by atoms with Crippen LogP contribution in [0.1, 0.15) is 32.6 Å². The maximum atomic E-state index is 10.8. The van der Waals surface area contributed by atoms with Crippen LogP contribution in [0.3, 0.4) is 0 Å². The number of carbonyl (C=O) groups is 1. The molecule has 3 rings (SSSR count). The monoisotopic (exact) mass is 304 g/mol. The van der Waals surface area contributed by atoms with Gasteiger partial charge in [-0.15, -0.1) is 5.10 Å². The van der Waals surface area contributed by atoms with Gasteiger partial charge >= 0.3 is 0 Å². The molecule has 2 saturated heterocycles. The Kier molecular flexibility index (Phi) is 4.70. The fourth-order valence-corrected chi connectivity index (χ4v) is 3.30. The molecule has 0 bridgehead atoms. The fourth-order valence-electron chi connectivity index (χ4n) is 3.30. The molecule has 1 unspecified atom stereocenters. The van der Waals surface area contributed by atoms with E-state index in [-0.39, 0.29) is 0 Å². The number of carbonyl (C=O) groups excluding carboxylic acids is 1. The molecule has 1 aromatic heterocycles. The summed E-state index contributed by atoms with van der Waals surface area (Å²) in [5.74, 6) is 1.62. The van der Waals surface area contributed by atoms with Crippen molar-refractivity contribution in [1.29, 1.82) is 0 Å². The molecule has 0 N–H and O–H groups in total. The van der Waals surface area contributed by atoms with E-state index in [1.807, 2.05) is 0 Å². The van der Waals surface area contributed by atoms with E-state index < -0.39 is 0 Å². The average Bonchev–Trinajstić information content (AvgIpc) is 2.62. The summed E-state index contributed by atoms with van der Waals surface area (Å²) in [4.78, 5) is 21.8. The van der Waals surface area contributed by atoms with Gasteiger partial charge in [0.2, 0.25) is 12.4 Å². The van der Waals surface area contributed by atoms with Gasteiger partial charge in [0.1, 0.15) is 0 Å². The zero-order valence-corrected chi connectivity index (χ0v) is 13.2. The average molecular weight is 304 g/mol. The van der Waals surface area contributed by atoms with E-state index in [1.165, 1.54) is 19.3 Å². The van der Waals surface area contributed by atoms with Gasteiger partial charge in [0.05, 0.1) is 6.20 Å². The number of anilines is 2. The third kappa shape index (κ3) is 3.13. The second-order valence-corrected chi connectivity index (χ2v) is 5.99. The van der Waals surface area contributed by atoms with E-state index >= 15 is 0 Å². The molecule has 2 fully saturated rings. The molecule has 3 heterocycles. The van der Waals surface area contributed by atoms with Gasteiger partial charge in [0.25, 0.3) is 0 Å². The summed E-state index contributed by atoms with van der Waals surface area (Å²) in [7, 11) is 0. The van der Waals surface area contributed by atoms with E-state index in [9.17, 15) is 4.79 Å². The zero-order valence-electron chi connectivity index (χ0n) is 13.2. The molecule has 22 heavy (non-hydrogen) atoms. The zero-order chi connectivity index (χ0) is 15.4. The minimum atomic E-state index is 0.526. The molecule has 0 saturated carbocycles. The first-order valence-corrected chi connectivity index (χ1v) is 8.22. The summed E-state index contributed by atoms with van der Waals surface area (Å²) in [6.45, 7) is 6.32. The molecule has 2 aliphatic heterocycles. The molecule has 0 radical (unpaired) electrons. The maximum Gasteiger partial charge on any atom is 0.247 e. The van der Waals surface area contributed by atoms with Gasteiger partial charge in [0, 0.05) is 38.8 Å². The van der Waals surface area contributed by atoms with Crippen LogP contribution in [-0.4, -0.2) is 65.3 Å². The van der Waals surface area contributed by atoms with Crippen molar-refractivity contribution in [3.8, 4) is 0 Å². The molecular formula is C15H24N6O. The summed E-state index contributed by atoms with van der Waals surface area (Å²) in [6, 6.07) is 0.526. The van der Waals surface area contributed by atoms with Crippen molar-refractivity contribution in [3.05, 3.63) is 6.20 Å². The standard InChI is InChI=1S/C15H24N6O/c1-2-13-5-3-4-6-21(13)15-17-14(11-16-18-15)20-9-7-19(12-22)8-10-20/h11-13H,2-10H2,1H3. The number of rotatable bonds is 4. The van der Waals surface area contributed by atoms with Crippen LogP contribution in [0.4, 0.5) is 11.8 Å². The van der Waals surface area contributed by atoms with Crippen molar-refractivity contribution in [2.24, 2.45) is 0 Å². The quantitative estimate of drug-likeness (QED) is 0.771. The molecular weight excluding hydrogens is 280 g/mol. The third-order valence-electron chi connectivity index (χ3n) is 4.68. The second kappa shape index (κ2) is 6.89. The molecule has 7 nitrogen and oxygen atoms in total. The Balaban J connectivity index is 1.73. The number of nitrogens with zero attached hydrogens (tertiary/aromatic N) is 6. The first kappa shape index (κ1) is 15.0. The molecule has 0 aliphatic carbocycles. The molecule has 1 amide bonds. The highest BCUT2D eigenvalue weighted by atomic mass is 16.1. The molecule has 120 valence electrons. The van der Waals surface area contributed by atoms with Gasteiger partial charge in [-0.05, 0) is 25.7 Å². The lowest BCUT2D eigenvalue weighted by molar-refractivity contribution is -0.118. The summed E-state index contributed by atoms with van der Waals surface area (Å²) < 4.78 is 0. The van der Waals surface area contributed by atoms with Crippen molar-refractivity contribution < 1.29 is 4.79 Å². The summed E-state index contributed by atoms with van der Waals surface area (Å²) in [5, 5.41) is 8.42. The van der Waals surface area contributed by atoms with Gasteiger partial charge in [-0.25, -0.2) is 0 Å². The summed E-state index contributed by atoms with van der Waals surface area (Å²) >= 11 is 0. The van der Waals surface area contributed by atoms with Crippen molar-refractivity contribution in [3.63, 3.8) is 0 Å². The first-order valence-electron chi connectivity index (χ1n) is 8.22. The first-order chi connectivity index (χ1) is 10.8. The molecule has 1 aromatic rings. The Morgan fingerprint density at radius 3 is 2.77 bits per heavy atom. The predicted octanol–water partition coefficient (Wildman–Crippen LogP) is 0.919. The highest BCUT2D eigenvalue weighted by molar-refractivity contribution is 5.49. The highest BCUT2D eigenvalue weighted by Crippen LogP contribution is 2.24. The van der Waals surface area contributed by atoms with E-state index in [0.29, 0.717) is 6.04 Å². The highest BCUT2D eigenvalue weighted by Gasteiger charge is 2.25. The Bertz CT molecular complexity index is 503. The lowest BCUT2D eigenvalue weighted by Crippen LogP contribution is -2.46. The molecule has 1 atom stereocenters. The van der Waals surface area contributed by atoms with Crippen LogP contribution in [0.2, 0.25) is 0 Å². The topological polar surface area (TPSA) is 65.5 Å². The van der Waals surface area contributed by atoms with Crippen molar-refractivity contribution >= 4 is 18.2 Å². The Morgan fingerprint density at radius 2 is 2.05 bits per heavy atom. The number of hydrogen-bond donors (Lipinski definition) is 0. The second-order valence-electron chi connectivity index (χ2n) is 5.99. The van der Waals surface area contributed by atoms with Crippen LogP contribution in [0.5, 0.6) is 0 Å². The minimum Gasteiger partial charge on any atom is -0.352 e. The molecule has 2 aliphatic rings. The number of piperidine rings is 1. The van der Waals surface area contributed by atoms with Crippen LogP contribution < -0.4 is 9.80 Å². The van der Waals surface area contributed by atoms with Crippen LogP contribution in [0.15, 0.2) is 6.20 Å². The van der Waals surface area contributed by atoms with E-state index in [1.54, 1.807) is 11.1 Å². The SMILES string of the molecule is CCC1CCCCN1c1nncc(N2CCN(C=O)CC2)n1. The fraction of sp³-hybridized carbons (Fsp3) is 0.733. The number of amides is 1. The molecule has 0 aromatic carbocycles. The van der Waals surface area contributed by atoms with Crippen LogP contribution in [0, 0.1) is 0 Å².